The molecule has 5 rings (SSSR count). The van der Waals surface area contributed by atoms with Crippen LogP contribution >= 0.6 is 22.9 Å². The maximum atomic E-state index is 13.0. The van der Waals surface area contributed by atoms with Crippen LogP contribution < -0.4 is 5.32 Å². The normalized spacial score (nSPS) is 15.8. The van der Waals surface area contributed by atoms with Crippen molar-refractivity contribution < 1.29 is 9.21 Å². The number of thiophene rings is 1. The van der Waals surface area contributed by atoms with E-state index in [4.69, 9.17) is 16.0 Å². The van der Waals surface area contributed by atoms with Crippen LogP contribution in [-0.4, -0.2) is 23.9 Å². The number of hydrogen-bond acceptors (Lipinski definition) is 4. The molecule has 6 heteroatoms. The van der Waals surface area contributed by atoms with Gasteiger partial charge in [0.15, 0.2) is 5.76 Å². The Morgan fingerprint density at radius 1 is 1.00 bits per heavy atom. The molecule has 0 radical (unpaired) electrons. The van der Waals surface area contributed by atoms with E-state index < -0.39 is 0 Å². The van der Waals surface area contributed by atoms with E-state index in [1.807, 2.05) is 60.0 Å². The van der Waals surface area contributed by atoms with E-state index in [1.165, 1.54) is 17.8 Å². The van der Waals surface area contributed by atoms with Crippen molar-refractivity contribution in [2.75, 3.05) is 18.4 Å². The van der Waals surface area contributed by atoms with Crippen molar-refractivity contribution in [1.29, 1.82) is 0 Å². The van der Waals surface area contributed by atoms with Gasteiger partial charge in [-0.1, -0.05) is 54.4 Å². The van der Waals surface area contributed by atoms with Gasteiger partial charge >= 0.3 is 0 Å². The predicted octanol–water partition coefficient (Wildman–Crippen LogP) is 6.98. The summed E-state index contributed by atoms with van der Waals surface area (Å²) in [7, 11) is 0. The monoisotopic (exact) mass is 450 g/mol. The van der Waals surface area contributed by atoms with Gasteiger partial charge in [-0.05, 0) is 61.1 Å². The summed E-state index contributed by atoms with van der Waals surface area (Å²) in [5.74, 6) is 0.612. The van der Waals surface area contributed by atoms with E-state index in [-0.39, 0.29) is 11.9 Å². The van der Waals surface area contributed by atoms with Crippen molar-refractivity contribution in [2.24, 2.45) is 0 Å². The molecule has 1 atom stereocenters. The number of carbonyl (C=O) groups excluding carboxylic acids is 1. The van der Waals surface area contributed by atoms with Crippen LogP contribution in [0.15, 0.2) is 70.5 Å². The standard InChI is InChI=1S/C25H23ClN2O2S/c26-19-11-4-2-9-17(19)23(28-14-6-1-7-15-28)24-22(18-10-3-5-12-20(18)30-24)27-25(29)21-13-8-16-31-21/h2-5,8-13,16,23H,1,6-7,14-15H2,(H,27,29). The number of furan rings is 1. The van der Waals surface area contributed by atoms with Crippen molar-refractivity contribution in [1.82, 2.24) is 4.90 Å². The van der Waals surface area contributed by atoms with Gasteiger partial charge in [-0.25, -0.2) is 0 Å². The second-order valence-corrected chi connectivity index (χ2v) is 9.14. The highest BCUT2D eigenvalue weighted by Crippen LogP contribution is 2.43. The third-order valence-corrected chi connectivity index (χ3v) is 7.02. The number of benzene rings is 2. The average Bonchev–Trinajstić information content (AvgIpc) is 3.45. The van der Waals surface area contributed by atoms with Gasteiger partial charge in [0.2, 0.25) is 0 Å². The summed E-state index contributed by atoms with van der Waals surface area (Å²) in [6.45, 7) is 1.93. The number of fused-ring (bicyclic) bond motifs is 1. The Morgan fingerprint density at radius 2 is 1.77 bits per heavy atom. The molecule has 0 aliphatic carbocycles. The number of para-hydroxylation sites is 1. The molecule has 4 nitrogen and oxygen atoms in total. The summed E-state index contributed by atoms with van der Waals surface area (Å²) < 4.78 is 6.43. The molecular formula is C25H23ClN2O2S. The molecular weight excluding hydrogens is 428 g/mol. The number of anilines is 1. The van der Waals surface area contributed by atoms with E-state index in [0.717, 1.165) is 53.9 Å². The number of amides is 1. The molecule has 31 heavy (non-hydrogen) atoms. The smallest absolute Gasteiger partial charge is 0.265 e. The molecule has 1 N–H and O–H groups in total. The van der Waals surface area contributed by atoms with Gasteiger partial charge in [0.25, 0.3) is 5.91 Å². The first-order chi connectivity index (χ1) is 15.2. The second kappa shape index (κ2) is 8.87. The van der Waals surface area contributed by atoms with Crippen LogP contribution in [0.1, 0.15) is 46.3 Å². The van der Waals surface area contributed by atoms with E-state index in [2.05, 4.69) is 16.3 Å². The van der Waals surface area contributed by atoms with Crippen LogP contribution in [0.5, 0.6) is 0 Å². The van der Waals surface area contributed by atoms with Crippen LogP contribution in [-0.2, 0) is 0 Å². The van der Waals surface area contributed by atoms with E-state index >= 15 is 0 Å². The number of nitrogens with zero attached hydrogens (tertiary/aromatic N) is 1. The molecule has 158 valence electrons. The maximum Gasteiger partial charge on any atom is 0.265 e. The number of halogens is 1. The number of likely N-dealkylation sites (tertiary alicyclic amines) is 1. The van der Waals surface area contributed by atoms with Crippen LogP contribution in [0.25, 0.3) is 11.0 Å². The van der Waals surface area contributed by atoms with Crippen LogP contribution in [0.2, 0.25) is 5.02 Å². The second-order valence-electron chi connectivity index (χ2n) is 7.79. The highest BCUT2D eigenvalue weighted by molar-refractivity contribution is 7.12. The van der Waals surface area contributed by atoms with Crippen LogP contribution in [0, 0.1) is 0 Å². The maximum absolute atomic E-state index is 13.0. The first-order valence-electron chi connectivity index (χ1n) is 10.6. The lowest BCUT2D eigenvalue weighted by molar-refractivity contribution is 0.103. The molecule has 0 bridgehead atoms. The molecule has 1 unspecified atom stereocenters. The Morgan fingerprint density at radius 3 is 2.55 bits per heavy atom. The Labute approximate surface area is 190 Å². The van der Waals surface area contributed by atoms with Crippen LogP contribution in [0.4, 0.5) is 5.69 Å². The Hall–Kier alpha value is -2.60. The van der Waals surface area contributed by atoms with Crippen LogP contribution in [0.3, 0.4) is 0 Å². The molecule has 1 aliphatic heterocycles. The van der Waals surface area contributed by atoms with Gasteiger partial charge in [-0.15, -0.1) is 11.3 Å². The molecule has 3 heterocycles. The zero-order valence-corrected chi connectivity index (χ0v) is 18.6. The minimum absolute atomic E-state index is 0.126. The zero-order chi connectivity index (χ0) is 21.2. The van der Waals surface area contributed by atoms with Gasteiger partial charge < -0.3 is 9.73 Å². The quantitative estimate of drug-likeness (QED) is 0.357. The summed E-state index contributed by atoms with van der Waals surface area (Å²) in [6, 6.07) is 19.3. The van der Waals surface area contributed by atoms with Gasteiger partial charge in [-0.2, -0.15) is 0 Å². The first-order valence-corrected chi connectivity index (χ1v) is 11.8. The average molecular weight is 451 g/mol. The summed E-state index contributed by atoms with van der Waals surface area (Å²) >= 11 is 8.10. The number of hydrogen-bond donors (Lipinski definition) is 1. The summed E-state index contributed by atoms with van der Waals surface area (Å²) in [6.07, 6.45) is 3.50. The topological polar surface area (TPSA) is 45.5 Å². The van der Waals surface area contributed by atoms with E-state index in [1.54, 1.807) is 0 Å². The first kappa shape index (κ1) is 20.3. The fraction of sp³-hybridized carbons (Fsp3) is 0.240. The third-order valence-electron chi connectivity index (χ3n) is 5.81. The van der Waals surface area contributed by atoms with Crippen molar-refractivity contribution in [3.8, 4) is 0 Å². The fourth-order valence-electron chi connectivity index (χ4n) is 4.35. The Balaban J connectivity index is 1.66. The minimum Gasteiger partial charge on any atom is -0.457 e. The fourth-order valence-corrected chi connectivity index (χ4v) is 5.20. The number of carbonyl (C=O) groups is 1. The lowest BCUT2D eigenvalue weighted by Gasteiger charge is -2.34. The van der Waals surface area contributed by atoms with Gasteiger partial charge in [-0.3, -0.25) is 9.69 Å². The molecule has 2 aromatic heterocycles. The molecule has 2 aromatic carbocycles. The van der Waals surface area contributed by atoms with Gasteiger partial charge in [0.05, 0.1) is 16.6 Å². The largest absolute Gasteiger partial charge is 0.457 e. The molecule has 4 aromatic rings. The molecule has 1 saturated heterocycles. The van der Waals surface area contributed by atoms with Gasteiger partial charge in [0.1, 0.15) is 5.58 Å². The lowest BCUT2D eigenvalue weighted by Crippen LogP contribution is -2.34. The highest BCUT2D eigenvalue weighted by Gasteiger charge is 2.32. The molecule has 0 spiro atoms. The summed E-state index contributed by atoms with van der Waals surface area (Å²) in [5.41, 5.74) is 2.48. The van der Waals surface area contributed by atoms with E-state index in [0.29, 0.717) is 9.90 Å². The minimum atomic E-state index is -0.167. The Kier molecular flexibility index (Phi) is 5.81. The van der Waals surface area contributed by atoms with Crippen molar-refractivity contribution in [3.05, 3.63) is 87.3 Å². The highest BCUT2D eigenvalue weighted by atomic mass is 35.5. The lowest BCUT2D eigenvalue weighted by atomic mass is 9.98. The molecule has 1 amide bonds. The molecule has 0 saturated carbocycles. The number of nitrogens with one attached hydrogen (secondary N) is 1. The van der Waals surface area contributed by atoms with Crippen molar-refractivity contribution >= 4 is 45.5 Å². The number of piperidine rings is 1. The van der Waals surface area contributed by atoms with Crippen molar-refractivity contribution in [2.45, 2.75) is 25.3 Å². The molecule has 1 fully saturated rings. The molecule has 1 aliphatic rings. The summed E-state index contributed by atoms with van der Waals surface area (Å²) in [5, 5.41) is 6.66. The van der Waals surface area contributed by atoms with Gasteiger partial charge in [0, 0.05) is 10.4 Å². The summed E-state index contributed by atoms with van der Waals surface area (Å²) in [4.78, 5) is 16.1. The third kappa shape index (κ3) is 4.01. The zero-order valence-electron chi connectivity index (χ0n) is 17.0. The predicted molar refractivity (Wildman–Crippen MR) is 127 cm³/mol. The Bertz CT molecular complexity index is 1200. The van der Waals surface area contributed by atoms with E-state index in [9.17, 15) is 4.79 Å². The van der Waals surface area contributed by atoms with Crippen molar-refractivity contribution in [3.63, 3.8) is 0 Å². The number of rotatable bonds is 5. The SMILES string of the molecule is O=C(Nc1c(C(c2ccccc2Cl)N2CCCCC2)oc2ccccc12)c1cccs1.